The van der Waals surface area contributed by atoms with Gasteiger partial charge in [-0.25, -0.2) is 14.6 Å². The van der Waals surface area contributed by atoms with E-state index in [-0.39, 0.29) is 11.9 Å². The summed E-state index contributed by atoms with van der Waals surface area (Å²) in [6.45, 7) is 5.92. The smallest absolute Gasteiger partial charge is 0.259 e. The van der Waals surface area contributed by atoms with Crippen molar-refractivity contribution in [3.05, 3.63) is 45.4 Å². The first-order valence-electron chi connectivity index (χ1n) is 8.30. The van der Waals surface area contributed by atoms with Gasteiger partial charge in [-0.05, 0) is 39.0 Å². The van der Waals surface area contributed by atoms with Crippen molar-refractivity contribution in [3.8, 4) is 10.6 Å². The maximum Gasteiger partial charge on any atom is 0.259 e. The minimum atomic E-state index is -0.232. The van der Waals surface area contributed by atoms with E-state index in [2.05, 4.69) is 20.4 Å². The molecule has 0 radical (unpaired) electrons. The second kappa shape index (κ2) is 7.03. The van der Waals surface area contributed by atoms with Gasteiger partial charge in [-0.15, -0.1) is 22.7 Å². The highest BCUT2D eigenvalue weighted by atomic mass is 35.5. The van der Waals surface area contributed by atoms with Crippen LogP contribution in [0.3, 0.4) is 0 Å². The van der Waals surface area contributed by atoms with Gasteiger partial charge in [0.05, 0.1) is 32.4 Å². The zero-order valence-corrected chi connectivity index (χ0v) is 17.2. The van der Waals surface area contributed by atoms with Crippen LogP contribution in [0.1, 0.15) is 35.9 Å². The molecule has 4 aromatic heterocycles. The van der Waals surface area contributed by atoms with E-state index in [4.69, 9.17) is 11.6 Å². The van der Waals surface area contributed by atoms with E-state index >= 15 is 0 Å². The number of nitrogens with one attached hydrogen (secondary N) is 1. The summed E-state index contributed by atoms with van der Waals surface area (Å²) in [5, 5.41) is 10.5. The molecule has 0 aliphatic carbocycles. The van der Waals surface area contributed by atoms with Crippen LogP contribution < -0.4 is 5.32 Å². The molecule has 0 saturated carbocycles. The van der Waals surface area contributed by atoms with Crippen LogP contribution in [0.5, 0.6) is 0 Å². The van der Waals surface area contributed by atoms with Gasteiger partial charge in [-0.2, -0.15) is 5.10 Å². The van der Waals surface area contributed by atoms with E-state index < -0.39 is 0 Å². The third kappa shape index (κ3) is 3.47. The highest BCUT2D eigenvalue weighted by Crippen LogP contribution is 2.33. The molecule has 0 aromatic carbocycles. The molecule has 0 fully saturated rings. The molecule has 0 bridgehead atoms. The highest BCUT2D eigenvalue weighted by Gasteiger charge is 2.17. The minimum Gasteiger partial charge on any atom is -0.298 e. The maximum absolute atomic E-state index is 12.7. The molecular weight excluding hydrogens is 402 g/mol. The lowest BCUT2D eigenvalue weighted by molar-refractivity contribution is 0.102. The summed E-state index contributed by atoms with van der Waals surface area (Å²) in [4.78, 5) is 22.8. The molecule has 0 aliphatic heterocycles. The molecule has 0 unspecified atom stereocenters. The molecule has 6 nitrogen and oxygen atoms in total. The number of hydrogen-bond acceptors (Lipinski definition) is 6. The summed E-state index contributed by atoms with van der Waals surface area (Å²) >= 11 is 8.81. The van der Waals surface area contributed by atoms with Crippen LogP contribution in [-0.4, -0.2) is 25.7 Å². The first kappa shape index (κ1) is 18.1. The fourth-order valence-corrected chi connectivity index (χ4v) is 4.52. The summed E-state index contributed by atoms with van der Waals surface area (Å²) in [5.74, 6) is -0.232. The molecule has 0 atom stereocenters. The first-order chi connectivity index (χ1) is 12.9. The normalized spacial score (nSPS) is 11.4. The van der Waals surface area contributed by atoms with Crippen LogP contribution in [0, 0.1) is 6.92 Å². The highest BCUT2D eigenvalue weighted by molar-refractivity contribution is 7.20. The molecule has 4 aromatic rings. The van der Waals surface area contributed by atoms with Crippen molar-refractivity contribution in [1.29, 1.82) is 0 Å². The SMILES string of the molecule is Cc1nc2c(cnn2C(C)C)cc1C(=O)Nc1nc(-c2ccc(Cl)s2)cs1. The van der Waals surface area contributed by atoms with Gasteiger partial charge in [-0.1, -0.05) is 11.6 Å². The number of rotatable bonds is 4. The number of pyridine rings is 1. The zero-order valence-electron chi connectivity index (χ0n) is 14.9. The number of fused-ring (bicyclic) bond motifs is 1. The number of carbonyl (C=O) groups is 1. The number of anilines is 1. The van der Waals surface area contributed by atoms with Crippen molar-refractivity contribution in [3.63, 3.8) is 0 Å². The monoisotopic (exact) mass is 417 g/mol. The van der Waals surface area contributed by atoms with E-state index in [9.17, 15) is 4.79 Å². The molecule has 1 N–H and O–H groups in total. The number of nitrogens with zero attached hydrogens (tertiary/aromatic N) is 4. The third-order valence-electron chi connectivity index (χ3n) is 4.04. The van der Waals surface area contributed by atoms with Gasteiger partial charge < -0.3 is 0 Å². The second-order valence-electron chi connectivity index (χ2n) is 6.31. The summed E-state index contributed by atoms with van der Waals surface area (Å²) in [5.41, 5.74) is 2.76. The number of halogens is 1. The average Bonchev–Trinajstić information content (AvgIpc) is 3.33. The number of thiophene rings is 1. The van der Waals surface area contributed by atoms with Crippen LogP contribution in [0.25, 0.3) is 21.6 Å². The molecule has 0 aliphatic rings. The lowest BCUT2D eigenvalue weighted by Gasteiger charge is -2.09. The lowest BCUT2D eigenvalue weighted by atomic mass is 10.1. The zero-order chi connectivity index (χ0) is 19.1. The Morgan fingerprint density at radius 2 is 2.11 bits per heavy atom. The summed E-state index contributed by atoms with van der Waals surface area (Å²) < 4.78 is 2.56. The maximum atomic E-state index is 12.7. The van der Waals surface area contributed by atoms with Crippen LogP contribution in [0.2, 0.25) is 4.34 Å². The Balaban J connectivity index is 1.60. The van der Waals surface area contributed by atoms with E-state index in [1.54, 1.807) is 6.20 Å². The van der Waals surface area contributed by atoms with E-state index in [0.717, 1.165) is 21.6 Å². The summed E-state index contributed by atoms with van der Waals surface area (Å²) in [7, 11) is 0. The Morgan fingerprint density at radius 3 is 2.81 bits per heavy atom. The van der Waals surface area contributed by atoms with Crippen LogP contribution >= 0.6 is 34.3 Å². The van der Waals surface area contributed by atoms with Crippen molar-refractivity contribution in [2.45, 2.75) is 26.8 Å². The number of aromatic nitrogens is 4. The minimum absolute atomic E-state index is 0.202. The van der Waals surface area contributed by atoms with Gasteiger partial charge in [0.15, 0.2) is 10.8 Å². The lowest BCUT2D eigenvalue weighted by Crippen LogP contribution is -2.14. The molecule has 9 heteroatoms. The largest absolute Gasteiger partial charge is 0.298 e. The number of thiazole rings is 1. The van der Waals surface area contributed by atoms with Gasteiger partial charge in [0.2, 0.25) is 0 Å². The predicted octanol–water partition coefficient (Wildman–Crippen LogP) is 5.41. The molecule has 1 amide bonds. The molecule has 27 heavy (non-hydrogen) atoms. The average molecular weight is 418 g/mol. The van der Waals surface area contributed by atoms with E-state index in [1.807, 2.05) is 49.0 Å². The Kier molecular flexibility index (Phi) is 4.71. The van der Waals surface area contributed by atoms with Crippen LogP contribution in [0.15, 0.2) is 29.8 Å². The fourth-order valence-electron chi connectivity index (χ4n) is 2.73. The summed E-state index contributed by atoms with van der Waals surface area (Å²) in [6.07, 6.45) is 1.74. The van der Waals surface area contributed by atoms with Crippen molar-refractivity contribution in [1.82, 2.24) is 19.7 Å². The molecular formula is C18H16ClN5OS2. The van der Waals surface area contributed by atoms with Crippen molar-refractivity contribution >= 4 is 56.3 Å². The Morgan fingerprint density at radius 1 is 1.30 bits per heavy atom. The molecule has 4 heterocycles. The van der Waals surface area contributed by atoms with Gasteiger partial charge >= 0.3 is 0 Å². The standard InChI is InChI=1S/C18H16ClN5OS2/c1-9(2)24-16-11(7-20-24)6-12(10(3)21-16)17(25)23-18-22-13(8-26-18)14-4-5-15(19)27-14/h4-9H,1-3H3,(H,22,23,25). The Labute approximate surface area is 168 Å². The van der Waals surface area contributed by atoms with Gasteiger partial charge in [0.25, 0.3) is 5.91 Å². The molecule has 0 spiro atoms. The molecule has 4 rings (SSSR count). The second-order valence-corrected chi connectivity index (χ2v) is 8.89. The fraction of sp³-hybridized carbons (Fsp3) is 0.222. The van der Waals surface area contributed by atoms with Gasteiger partial charge in [-0.3, -0.25) is 10.1 Å². The molecule has 138 valence electrons. The quantitative estimate of drug-likeness (QED) is 0.481. The number of carbonyl (C=O) groups excluding carboxylic acids is 1. The Bertz CT molecular complexity index is 1140. The summed E-state index contributed by atoms with van der Waals surface area (Å²) in [6, 6.07) is 5.78. The van der Waals surface area contributed by atoms with E-state index in [0.29, 0.717) is 20.7 Å². The first-order valence-corrected chi connectivity index (χ1v) is 10.4. The van der Waals surface area contributed by atoms with Crippen LogP contribution in [-0.2, 0) is 0 Å². The molecule has 0 saturated heterocycles. The van der Waals surface area contributed by atoms with Crippen molar-refractivity contribution in [2.75, 3.05) is 5.32 Å². The Hall–Kier alpha value is -2.29. The van der Waals surface area contributed by atoms with Gasteiger partial charge in [0.1, 0.15) is 0 Å². The number of aryl methyl sites for hydroxylation is 1. The van der Waals surface area contributed by atoms with E-state index in [1.165, 1.54) is 22.7 Å². The number of amides is 1. The van der Waals surface area contributed by atoms with Crippen molar-refractivity contribution in [2.24, 2.45) is 0 Å². The predicted molar refractivity (Wildman–Crippen MR) is 111 cm³/mol. The topological polar surface area (TPSA) is 72.7 Å². The van der Waals surface area contributed by atoms with Crippen molar-refractivity contribution < 1.29 is 4.79 Å². The number of hydrogen-bond donors (Lipinski definition) is 1. The third-order valence-corrected chi connectivity index (χ3v) is 6.06. The van der Waals surface area contributed by atoms with Gasteiger partial charge in [0, 0.05) is 16.8 Å². The van der Waals surface area contributed by atoms with Crippen LogP contribution in [0.4, 0.5) is 5.13 Å².